The first-order valence-corrected chi connectivity index (χ1v) is 6.91. The second kappa shape index (κ2) is 7.04. The van der Waals surface area contributed by atoms with Gasteiger partial charge in [-0.2, -0.15) is 0 Å². The summed E-state index contributed by atoms with van der Waals surface area (Å²) < 4.78 is 10.9. The molecule has 0 aliphatic carbocycles. The van der Waals surface area contributed by atoms with Gasteiger partial charge in [0.1, 0.15) is 6.61 Å². The Balaban J connectivity index is 2.01. The van der Waals surface area contributed by atoms with E-state index in [1.807, 2.05) is 0 Å². The number of rotatable bonds is 7. The molecular formula is C16H19NO4. The molecule has 0 fully saturated rings. The van der Waals surface area contributed by atoms with Crippen LogP contribution in [0.4, 0.5) is 0 Å². The van der Waals surface area contributed by atoms with Crippen LogP contribution in [0.15, 0.2) is 30.3 Å². The Labute approximate surface area is 123 Å². The van der Waals surface area contributed by atoms with Gasteiger partial charge in [0.2, 0.25) is 5.88 Å². The number of carboxylic acids is 1. The van der Waals surface area contributed by atoms with Crippen molar-refractivity contribution in [2.24, 2.45) is 5.92 Å². The van der Waals surface area contributed by atoms with Crippen LogP contribution in [0, 0.1) is 5.92 Å². The van der Waals surface area contributed by atoms with Crippen molar-refractivity contribution in [3.8, 4) is 5.88 Å². The largest absolute Gasteiger partial charge is 0.478 e. The molecule has 21 heavy (non-hydrogen) atoms. The molecule has 0 aliphatic heterocycles. The van der Waals surface area contributed by atoms with Crippen molar-refractivity contribution in [3.05, 3.63) is 35.9 Å². The molecule has 1 N–H and O–H groups in total. The zero-order valence-electron chi connectivity index (χ0n) is 12.2. The standard InChI is InChI=1S/C16H19NO4/c1-11(2)10-20-8-9-21-15-7-6-12-13(16(18)19)4-3-5-14(12)17-15/h3-7,11H,8-10H2,1-2H3,(H,18,19). The highest BCUT2D eigenvalue weighted by Gasteiger charge is 2.09. The smallest absolute Gasteiger partial charge is 0.336 e. The van der Waals surface area contributed by atoms with E-state index in [9.17, 15) is 4.79 Å². The van der Waals surface area contributed by atoms with Crippen molar-refractivity contribution in [1.82, 2.24) is 4.98 Å². The van der Waals surface area contributed by atoms with Crippen molar-refractivity contribution in [1.29, 1.82) is 0 Å². The van der Waals surface area contributed by atoms with Crippen LogP contribution in [0.1, 0.15) is 24.2 Å². The van der Waals surface area contributed by atoms with E-state index in [0.717, 1.165) is 0 Å². The minimum absolute atomic E-state index is 0.242. The van der Waals surface area contributed by atoms with Gasteiger partial charge in [0.25, 0.3) is 0 Å². The molecule has 2 aromatic rings. The van der Waals surface area contributed by atoms with E-state index < -0.39 is 5.97 Å². The summed E-state index contributed by atoms with van der Waals surface area (Å²) in [7, 11) is 0. The number of pyridine rings is 1. The summed E-state index contributed by atoms with van der Waals surface area (Å²) in [6, 6.07) is 8.40. The van der Waals surface area contributed by atoms with Gasteiger partial charge >= 0.3 is 5.97 Å². The molecule has 0 radical (unpaired) electrons. The van der Waals surface area contributed by atoms with Gasteiger partial charge in [-0.3, -0.25) is 0 Å². The molecule has 0 amide bonds. The number of ether oxygens (including phenoxy) is 2. The van der Waals surface area contributed by atoms with Gasteiger partial charge < -0.3 is 14.6 Å². The highest BCUT2D eigenvalue weighted by atomic mass is 16.5. The van der Waals surface area contributed by atoms with Crippen LogP contribution in [0.25, 0.3) is 10.9 Å². The summed E-state index contributed by atoms with van der Waals surface area (Å²) >= 11 is 0. The molecule has 1 heterocycles. The second-order valence-electron chi connectivity index (χ2n) is 5.14. The topological polar surface area (TPSA) is 68.7 Å². The number of hydrogen-bond acceptors (Lipinski definition) is 4. The van der Waals surface area contributed by atoms with Gasteiger partial charge in [-0.15, -0.1) is 0 Å². The van der Waals surface area contributed by atoms with Crippen molar-refractivity contribution in [2.45, 2.75) is 13.8 Å². The molecule has 0 saturated heterocycles. The van der Waals surface area contributed by atoms with E-state index in [1.54, 1.807) is 30.3 Å². The average Bonchev–Trinajstić information content (AvgIpc) is 2.45. The Bertz CT molecular complexity index is 625. The molecule has 1 aromatic carbocycles. The minimum Gasteiger partial charge on any atom is -0.478 e. The molecule has 0 bridgehead atoms. The van der Waals surface area contributed by atoms with E-state index in [1.165, 1.54) is 0 Å². The third-order valence-corrected chi connectivity index (χ3v) is 2.87. The zero-order valence-corrected chi connectivity index (χ0v) is 12.2. The average molecular weight is 289 g/mol. The van der Waals surface area contributed by atoms with Crippen LogP contribution >= 0.6 is 0 Å². The van der Waals surface area contributed by atoms with Crippen LogP contribution in [-0.4, -0.2) is 35.9 Å². The van der Waals surface area contributed by atoms with Crippen LogP contribution in [0.3, 0.4) is 0 Å². The quantitative estimate of drug-likeness (QED) is 0.794. The fourth-order valence-corrected chi connectivity index (χ4v) is 1.93. The highest BCUT2D eigenvalue weighted by Crippen LogP contribution is 2.20. The summed E-state index contributed by atoms with van der Waals surface area (Å²) in [5.74, 6) is 0.00886. The number of carboxylic acid groups (broad SMARTS) is 1. The Kier molecular flexibility index (Phi) is 5.11. The predicted octanol–water partition coefficient (Wildman–Crippen LogP) is 2.98. The Hall–Kier alpha value is -2.14. The van der Waals surface area contributed by atoms with Gasteiger partial charge in [0.05, 0.1) is 17.7 Å². The Morgan fingerprint density at radius 2 is 2.05 bits per heavy atom. The van der Waals surface area contributed by atoms with E-state index in [4.69, 9.17) is 14.6 Å². The monoisotopic (exact) mass is 289 g/mol. The number of hydrogen-bond donors (Lipinski definition) is 1. The van der Waals surface area contributed by atoms with Gasteiger partial charge in [-0.25, -0.2) is 9.78 Å². The maximum atomic E-state index is 11.1. The van der Waals surface area contributed by atoms with Crippen LogP contribution in [0.5, 0.6) is 5.88 Å². The number of aromatic carboxylic acids is 1. The lowest BCUT2D eigenvalue weighted by Gasteiger charge is -2.09. The first-order valence-electron chi connectivity index (χ1n) is 6.91. The molecule has 0 spiro atoms. The number of carbonyl (C=O) groups is 1. The SMILES string of the molecule is CC(C)COCCOc1ccc2c(C(=O)O)cccc2n1. The zero-order chi connectivity index (χ0) is 15.2. The normalized spacial score (nSPS) is 11.0. The molecule has 0 atom stereocenters. The predicted molar refractivity (Wildman–Crippen MR) is 79.9 cm³/mol. The second-order valence-corrected chi connectivity index (χ2v) is 5.14. The number of aromatic nitrogens is 1. The highest BCUT2D eigenvalue weighted by molar-refractivity contribution is 6.02. The lowest BCUT2D eigenvalue weighted by Crippen LogP contribution is -2.10. The summed E-state index contributed by atoms with van der Waals surface area (Å²) in [6.07, 6.45) is 0. The van der Waals surface area contributed by atoms with Gasteiger partial charge in [0, 0.05) is 18.1 Å². The van der Waals surface area contributed by atoms with Crippen molar-refractivity contribution in [3.63, 3.8) is 0 Å². The third kappa shape index (κ3) is 4.16. The fraction of sp³-hybridized carbons (Fsp3) is 0.375. The first-order chi connectivity index (χ1) is 10.1. The Morgan fingerprint density at radius 1 is 1.24 bits per heavy atom. The lowest BCUT2D eigenvalue weighted by atomic mass is 10.1. The number of nitrogens with zero attached hydrogens (tertiary/aromatic N) is 1. The Morgan fingerprint density at radius 3 is 2.76 bits per heavy atom. The molecule has 1 aromatic heterocycles. The van der Waals surface area contributed by atoms with Gasteiger partial charge in [0.15, 0.2) is 0 Å². The van der Waals surface area contributed by atoms with E-state index in [2.05, 4.69) is 18.8 Å². The van der Waals surface area contributed by atoms with Crippen molar-refractivity contribution in [2.75, 3.05) is 19.8 Å². The van der Waals surface area contributed by atoms with E-state index in [0.29, 0.717) is 42.5 Å². The molecule has 5 heteroatoms. The number of fused-ring (bicyclic) bond motifs is 1. The maximum Gasteiger partial charge on any atom is 0.336 e. The lowest BCUT2D eigenvalue weighted by molar-refractivity contribution is 0.0699. The van der Waals surface area contributed by atoms with Crippen molar-refractivity contribution < 1.29 is 19.4 Å². The van der Waals surface area contributed by atoms with Crippen molar-refractivity contribution >= 4 is 16.9 Å². The molecule has 2 rings (SSSR count). The molecular weight excluding hydrogens is 270 g/mol. The molecule has 5 nitrogen and oxygen atoms in total. The summed E-state index contributed by atoms with van der Waals surface area (Å²) in [4.78, 5) is 15.4. The van der Waals surface area contributed by atoms with Crippen LogP contribution in [-0.2, 0) is 4.74 Å². The summed E-state index contributed by atoms with van der Waals surface area (Å²) in [5.41, 5.74) is 0.849. The van der Waals surface area contributed by atoms with E-state index in [-0.39, 0.29) is 5.56 Å². The number of benzene rings is 1. The van der Waals surface area contributed by atoms with Gasteiger partial charge in [-0.05, 0) is 24.1 Å². The maximum absolute atomic E-state index is 11.1. The molecule has 0 aliphatic rings. The van der Waals surface area contributed by atoms with Crippen LogP contribution < -0.4 is 4.74 Å². The summed E-state index contributed by atoms with van der Waals surface area (Å²) in [5, 5.41) is 9.73. The van der Waals surface area contributed by atoms with Crippen LogP contribution in [0.2, 0.25) is 0 Å². The van der Waals surface area contributed by atoms with Gasteiger partial charge in [-0.1, -0.05) is 19.9 Å². The fourth-order valence-electron chi connectivity index (χ4n) is 1.93. The molecule has 112 valence electrons. The minimum atomic E-state index is -0.960. The molecule has 0 unspecified atom stereocenters. The third-order valence-electron chi connectivity index (χ3n) is 2.87. The summed E-state index contributed by atoms with van der Waals surface area (Å²) in [6.45, 7) is 5.81. The first kappa shape index (κ1) is 15.3. The van der Waals surface area contributed by atoms with E-state index >= 15 is 0 Å². The molecule has 0 saturated carbocycles.